The first-order valence-corrected chi connectivity index (χ1v) is 9.56. The number of hydrogen-bond acceptors (Lipinski definition) is 3. The minimum atomic E-state index is -1.77. The zero-order valence-electron chi connectivity index (χ0n) is 12.7. The van der Waals surface area contributed by atoms with Crippen LogP contribution in [0.5, 0.6) is 0 Å². The van der Waals surface area contributed by atoms with Crippen molar-refractivity contribution < 1.29 is 14.0 Å². The minimum absolute atomic E-state index is 0.0216. The molecule has 0 radical (unpaired) electrons. The van der Waals surface area contributed by atoms with Gasteiger partial charge in [-0.25, -0.2) is 4.79 Å². The molecular weight excluding hydrogens is 246 g/mol. The Morgan fingerprint density at radius 1 is 1.39 bits per heavy atom. The summed E-state index contributed by atoms with van der Waals surface area (Å²) in [4.78, 5) is 11.3. The molecule has 0 aliphatic carbocycles. The molecule has 1 rings (SSSR count). The van der Waals surface area contributed by atoms with Crippen LogP contribution in [-0.4, -0.2) is 33.2 Å². The van der Waals surface area contributed by atoms with Crippen LogP contribution in [0.25, 0.3) is 0 Å². The second kappa shape index (κ2) is 5.21. The smallest absolute Gasteiger partial charge is 0.407 e. The Bertz CT molecular complexity index is 310. The molecule has 1 N–H and O–H groups in total. The van der Waals surface area contributed by atoms with E-state index >= 15 is 0 Å². The van der Waals surface area contributed by atoms with E-state index in [4.69, 9.17) is 9.16 Å². The van der Waals surface area contributed by atoms with Gasteiger partial charge in [0.1, 0.15) is 6.10 Å². The van der Waals surface area contributed by atoms with Gasteiger partial charge in [-0.2, -0.15) is 0 Å². The van der Waals surface area contributed by atoms with E-state index in [2.05, 4.69) is 53.0 Å². The molecule has 1 aliphatic rings. The predicted molar refractivity (Wildman–Crippen MR) is 75.2 cm³/mol. The molecule has 18 heavy (non-hydrogen) atoms. The largest absolute Gasteiger partial charge is 0.444 e. The van der Waals surface area contributed by atoms with Crippen molar-refractivity contribution in [3.63, 3.8) is 0 Å². The molecule has 1 aliphatic heterocycles. The maximum Gasteiger partial charge on any atom is 0.407 e. The highest BCUT2D eigenvalue weighted by atomic mass is 28.4. The predicted octanol–water partition coefficient (Wildman–Crippen LogP) is 3.14. The number of ether oxygens (including phenoxy) is 1. The molecule has 0 spiro atoms. The monoisotopic (exact) mass is 273 g/mol. The van der Waals surface area contributed by atoms with E-state index in [9.17, 15) is 4.79 Å². The molecular formula is C13H27NO3Si. The highest BCUT2D eigenvalue weighted by Gasteiger charge is 2.41. The maximum absolute atomic E-state index is 11.3. The van der Waals surface area contributed by atoms with E-state index in [0.717, 1.165) is 0 Å². The summed E-state index contributed by atoms with van der Waals surface area (Å²) in [6.07, 6.45) is -0.403. The van der Waals surface area contributed by atoms with Crippen LogP contribution >= 0.6 is 0 Å². The standard InChI is InChI=1S/C13H27NO3Si/c1-9(2)11-10(14-12(15)17-11)8-16-18(6,7)13(3,4)5/h9-11H,8H2,1-7H3,(H,14,15)/t10-,11+/m1/s1. The van der Waals surface area contributed by atoms with Crippen LogP contribution in [0.4, 0.5) is 4.79 Å². The van der Waals surface area contributed by atoms with Crippen molar-refractivity contribution in [3.05, 3.63) is 0 Å². The van der Waals surface area contributed by atoms with E-state index in [1.807, 2.05) is 0 Å². The van der Waals surface area contributed by atoms with Gasteiger partial charge < -0.3 is 14.5 Å². The molecule has 1 heterocycles. The average molecular weight is 273 g/mol. The normalized spacial score (nSPS) is 25.2. The van der Waals surface area contributed by atoms with Crippen molar-refractivity contribution in [2.24, 2.45) is 5.92 Å². The third-order valence-corrected chi connectivity index (χ3v) is 8.53. The average Bonchev–Trinajstić information content (AvgIpc) is 2.55. The molecule has 1 fully saturated rings. The van der Waals surface area contributed by atoms with Gasteiger partial charge >= 0.3 is 6.09 Å². The second-order valence-electron chi connectivity index (χ2n) is 6.94. The lowest BCUT2D eigenvalue weighted by Crippen LogP contribution is -2.46. The van der Waals surface area contributed by atoms with Gasteiger partial charge in [0.25, 0.3) is 0 Å². The summed E-state index contributed by atoms with van der Waals surface area (Å²) in [5, 5.41) is 3.03. The Kier molecular flexibility index (Phi) is 4.49. The number of alkyl carbamates (subject to hydrolysis) is 1. The van der Waals surface area contributed by atoms with Crippen molar-refractivity contribution in [1.29, 1.82) is 0 Å². The van der Waals surface area contributed by atoms with Crippen LogP contribution in [-0.2, 0) is 9.16 Å². The number of hydrogen-bond donors (Lipinski definition) is 1. The molecule has 4 nitrogen and oxygen atoms in total. The first kappa shape index (κ1) is 15.5. The lowest BCUT2D eigenvalue weighted by molar-refractivity contribution is 0.0895. The fourth-order valence-electron chi connectivity index (χ4n) is 1.73. The number of cyclic esters (lactones) is 1. The van der Waals surface area contributed by atoms with Gasteiger partial charge in [0.2, 0.25) is 0 Å². The number of amides is 1. The molecule has 0 saturated carbocycles. The summed E-state index contributed by atoms with van der Waals surface area (Å²) < 4.78 is 11.4. The zero-order valence-corrected chi connectivity index (χ0v) is 13.7. The van der Waals surface area contributed by atoms with Crippen LogP contribution in [0.1, 0.15) is 34.6 Å². The Morgan fingerprint density at radius 2 is 1.94 bits per heavy atom. The summed E-state index contributed by atoms with van der Waals surface area (Å²) in [5.41, 5.74) is 0. The third-order valence-electron chi connectivity index (χ3n) is 4.03. The highest BCUT2D eigenvalue weighted by molar-refractivity contribution is 6.74. The molecule has 0 aromatic rings. The Morgan fingerprint density at radius 3 is 2.39 bits per heavy atom. The fourth-order valence-corrected chi connectivity index (χ4v) is 2.75. The lowest BCUT2D eigenvalue weighted by atomic mass is 10.0. The number of rotatable bonds is 4. The minimum Gasteiger partial charge on any atom is -0.444 e. The highest BCUT2D eigenvalue weighted by Crippen LogP contribution is 2.36. The molecule has 0 aromatic heterocycles. The van der Waals surface area contributed by atoms with E-state index in [1.165, 1.54) is 0 Å². The summed E-state index contributed by atoms with van der Waals surface area (Å²) in [6.45, 7) is 15.7. The first-order chi connectivity index (χ1) is 8.04. The molecule has 0 bridgehead atoms. The summed E-state index contributed by atoms with van der Waals surface area (Å²) in [7, 11) is -1.77. The van der Waals surface area contributed by atoms with Crippen molar-refractivity contribution in [2.45, 2.75) is 64.9 Å². The molecule has 2 atom stereocenters. The number of carbonyl (C=O) groups excluding carboxylic acids is 1. The van der Waals surface area contributed by atoms with Crippen molar-refractivity contribution in [3.8, 4) is 0 Å². The van der Waals surface area contributed by atoms with Gasteiger partial charge in [0.05, 0.1) is 12.6 Å². The van der Waals surface area contributed by atoms with Crippen LogP contribution < -0.4 is 5.32 Å². The molecule has 1 saturated heterocycles. The summed E-state index contributed by atoms with van der Waals surface area (Å²) >= 11 is 0. The Balaban J connectivity index is 2.60. The second-order valence-corrected chi connectivity index (χ2v) is 11.7. The fraction of sp³-hybridized carbons (Fsp3) is 0.923. The Hall–Kier alpha value is -0.553. The van der Waals surface area contributed by atoms with Crippen molar-refractivity contribution in [2.75, 3.05) is 6.61 Å². The van der Waals surface area contributed by atoms with E-state index < -0.39 is 8.32 Å². The molecule has 5 heteroatoms. The number of carbonyl (C=O) groups is 1. The van der Waals surface area contributed by atoms with Gasteiger partial charge in [-0.15, -0.1) is 0 Å². The summed E-state index contributed by atoms with van der Waals surface area (Å²) in [5.74, 6) is 0.303. The molecule has 0 unspecified atom stereocenters. The van der Waals surface area contributed by atoms with E-state index in [1.54, 1.807) is 0 Å². The lowest BCUT2D eigenvalue weighted by Gasteiger charge is -2.37. The van der Waals surface area contributed by atoms with E-state index in [0.29, 0.717) is 12.5 Å². The van der Waals surface area contributed by atoms with Gasteiger partial charge in [-0.1, -0.05) is 34.6 Å². The van der Waals surface area contributed by atoms with Crippen molar-refractivity contribution >= 4 is 14.4 Å². The Labute approximate surface area is 112 Å². The van der Waals surface area contributed by atoms with Crippen LogP contribution in [0, 0.1) is 5.92 Å². The van der Waals surface area contributed by atoms with Gasteiger partial charge in [-0.05, 0) is 24.1 Å². The van der Waals surface area contributed by atoms with E-state index in [-0.39, 0.29) is 23.3 Å². The third kappa shape index (κ3) is 3.48. The number of nitrogens with one attached hydrogen (secondary N) is 1. The molecule has 1 amide bonds. The van der Waals surface area contributed by atoms with Crippen LogP contribution in [0.2, 0.25) is 18.1 Å². The van der Waals surface area contributed by atoms with Crippen LogP contribution in [0.15, 0.2) is 0 Å². The van der Waals surface area contributed by atoms with Gasteiger partial charge in [0, 0.05) is 0 Å². The maximum atomic E-state index is 11.3. The van der Waals surface area contributed by atoms with Crippen molar-refractivity contribution in [1.82, 2.24) is 5.32 Å². The zero-order chi connectivity index (χ0) is 14.1. The topological polar surface area (TPSA) is 47.6 Å². The SMILES string of the molecule is CC(C)[C@@H]1OC(=O)N[C@@H]1CO[Si](C)(C)C(C)(C)C. The first-order valence-electron chi connectivity index (χ1n) is 6.66. The van der Waals surface area contributed by atoms with Gasteiger partial charge in [-0.3, -0.25) is 0 Å². The summed E-state index contributed by atoms with van der Waals surface area (Å²) in [6, 6.07) is -0.0216. The quantitative estimate of drug-likeness (QED) is 0.800. The molecule has 106 valence electrons. The van der Waals surface area contributed by atoms with Gasteiger partial charge in [0.15, 0.2) is 8.32 Å². The molecule has 0 aromatic carbocycles. The van der Waals surface area contributed by atoms with Crippen LogP contribution in [0.3, 0.4) is 0 Å².